The molecule has 1 aliphatic heterocycles. The van der Waals surface area contributed by atoms with E-state index in [9.17, 15) is 0 Å². The third-order valence-corrected chi connectivity index (χ3v) is 5.05. The number of nitrogens with one attached hydrogen (secondary N) is 1. The van der Waals surface area contributed by atoms with Gasteiger partial charge in [0.15, 0.2) is 5.96 Å². The summed E-state index contributed by atoms with van der Waals surface area (Å²) in [5.41, 5.74) is 1.09. The SMILES string of the molecule is CCNC(=NCc1ccc(OC2CCCC2)nc1)N(C)CC1CCOC1.I. The zero-order valence-electron chi connectivity index (χ0n) is 16.5. The van der Waals surface area contributed by atoms with Gasteiger partial charge in [-0.05, 0) is 44.6 Å². The Balaban J connectivity index is 0.00000261. The molecule has 1 aromatic rings. The fourth-order valence-electron chi connectivity index (χ4n) is 3.59. The van der Waals surface area contributed by atoms with E-state index in [4.69, 9.17) is 14.5 Å². The van der Waals surface area contributed by atoms with Crippen LogP contribution in [0.4, 0.5) is 0 Å². The van der Waals surface area contributed by atoms with Crippen LogP contribution >= 0.6 is 24.0 Å². The highest BCUT2D eigenvalue weighted by Gasteiger charge is 2.19. The minimum atomic E-state index is 0. The lowest BCUT2D eigenvalue weighted by atomic mass is 10.1. The van der Waals surface area contributed by atoms with E-state index in [0.29, 0.717) is 18.6 Å². The minimum Gasteiger partial charge on any atom is -0.474 e. The summed E-state index contributed by atoms with van der Waals surface area (Å²) in [5, 5.41) is 3.38. The van der Waals surface area contributed by atoms with Crippen LogP contribution in [0.25, 0.3) is 0 Å². The standard InChI is InChI=1S/C20H32N4O2.HI/c1-3-21-20(24(2)14-17-10-11-25-15-17)23-13-16-8-9-19(22-12-16)26-18-6-4-5-7-18;/h8-9,12,17-18H,3-7,10-11,13-15H2,1-2H3,(H,21,23);1H. The molecule has 1 N–H and O–H groups in total. The average Bonchev–Trinajstić information content (AvgIpc) is 3.34. The Hall–Kier alpha value is -1.09. The van der Waals surface area contributed by atoms with E-state index in [0.717, 1.165) is 63.0 Å². The van der Waals surface area contributed by atoms with Crippen LogP contribution in [0, 0.1) is 5.92 Å². The lowest BCUT2D eigenvalue weighted by Crippen LogP contribution is -2.41. The highest BCUT2D eigenvalue weighted by Crippen LogP contribution is 2.23. The normalized spacial score (nSPS) is 20.4. The summed E-state index contributed by atoms with van der Waals surface area (Å²) in [6.07, 6.45) is 8.20. The molecule has 27 heavy (non-hydrogen) atoms. The molecule has 1 atom stereocenters. The second kappa shape index (κ2) is 11.7. The van der Waals surface area contributed by atoms with Gasteiger partial charge in [-0.2, -0.15) is 0 Å². The zero-order valence-corrected chi connectivity index (χ0v) is 18.9. The van der Waals surface area contributed by atoms with E-state index < -0.39 is 0 Å². The van der Waals surface area contributed by atoms with Crippen molar-refractivity contribution in [3.63, 3.8) is 0 Å². The van der Waals surface area contributed by atoms with Crippen LogP contribution in [0.5, 0.6) is 5.88 Å². The van der Waals surface area contributed by atoms with Gasteiger partial charge >= 0.3 is 0 Å². The van der Waals surface area contributed by atoms with Gasteiger partial charge in [-0.1, -0.05) is 6.07 Å². The summed E-state index contributed by atoms with van der Waals surface area (Å²) in [4.78, 5) is 11.4. The summed E-state index contributed by atoms with van der Waals surface area (Å²) in [7, 11) is 2.09. The number of hydrogen-bond donors (Lipinski definition) is 1. The van der Waals surface area contributed by atoms with E-state index in [1.165, 1.54) is 12.8 Å². The molecular formula is C20H33IN4O2. The number of halogens is 1. The maximum Gasteiger partial charge on any atom is 0.213 e. The molecule has 3 rings (SSSR count). The molecule has 1 aliphatic carbocycles. The Labute approximate surface area is 180 Å². The van der Waals surface area contributed by atoms with Gasteiger partial charge < -0.3 is 19.7 Å². The molecule has 2 fully saturated rings. The van der Waals surface area contributed by atoms with E-state index in [2.05, 4.69) is 35.2 Å². The van der Waals surface area contributed by atoms with Crippen molar-refractivity contribution in [3.05, 3.63) is 23.9 Å². The predicted octanol–water partition coefficient (Wildman–Crippen LogP) is 3.45. The Morgan fingerprint density at radius 2 is 2.15 bits per heavy atom. The number of aliphatic imine (C=N–C) groups is 1. The molecule has 0 amide bonds. The lowest BCUT2D eigenvalue weighted by molar-refractivity contribution is 0.181. The third-order valence-electron chi connectivity index (χ3n) is 5.05. The van der Waals surface area contributed by atoms with Gasteiger partial charge in [-0.15, -0.1) is 24.0 Å². The van der Waals surface area contributed by atoms with Crippen molar-refractivity contribution in [2.24, 2.45) is 10.9 Å². The third kappa shape index (κ3) is 7.10. The Kier molecular flexibility index (Phi) is 9.61. The monoisotopic (exact) mass is 488 g/mol. The number of nitrogens with zero attached hydrogens (tertiary/aromatic N) is 3. The number of rotatable bonds is 7. The first-order valence-electron chi connectivity index (χ1n) is 9.93. The lowest BCUT2D eigenvalue weighted by Gasteiger charge is -2.24. The molecule has 152 valence electrons. The van der Waals surface area contributed by atoms with Crippen molar-refractivity contribution >= 4 is 29.9 Å². The molecule has 1 aromatic heterocycles. The summed E-state index contributed by atoms with van der Waals surface area (Å²) < 4.78 is 11.4. The molecule has 1 saturated carbocycles. The number of pyridine rings is 1. The smallest absolute Gasteiger partial charge is 0.213 e. The largest absolute Gasteiger partial charge is 0.474 e. The molecule has 1 saturated heterocycles. The van der Waals surface area contributed by atoms with Crippen molar-refractivity contribution in [1.29, 1.82) is 0 Å². The van der Waals surface area contributed by atoms with E-state index >= 15 is 0 Å². The summed E-state index contributed by atoms with van der Waals surface area (Å²) in [5.74, 6) is 2.26. The molecule has 1 unspecified atom stereocenters. The summed E-state index contributed by atoms with van der Waals surface area (Å²) >= 11 is 0. The number of aromatic nitrogens is 1. The Morgan fingerprint density at radius 1 is 1.33 bits per heavy atom. The van der Waals surface area contributed by atoms with Gasteiger partial charge in [0.2, 0.25) is 5.88 Å². The summed E-state index contributed by atoms with van der Waals surface area (Å²) in [6, 6.07) is 4.03. The molecule has 0 bridgehead atoms. The second-order valence-electron chi connectivity index (χ2n) is 7.31. The van der Waals surface area contributed by atoms with Crippen LogP contribution in [0.15, 0.2) is 23.3 Å². The molecule has 0 spiro atoms. The van der Waals surface area contributed by atoms with Crippen LogP contribution in [-0.4, -0.2) is 55.3 Å². The molecule has 0 radical (unpaired) electrons. The fraction of sp³-hybridized carbons (Fsp3) is 0.700. The zero-order chi connectivity index (χ0) is 18.2. The minimum absolute atomic E-state index is 0. The highest BCUT2D eigenvalue weighted by molar-refractivity contribution is 14.0. The molecule has 7 heteroatoms. The first kappa shape index (κ1) is 22.2. The first-order valence-corrected chi connectivity index (χ1v) is 9.93. The van der Waals surface area contributed by atoms with Crippen molar-refractivity contribution in [2.45, 2.75) is 51.7 Å². The van der Waals surface area contributed by atoms with Gasteiger partial charge in [0.05, 0.1) is 13.2 Å². The van der Waals surface area contributed by atoms with Crippen LogP contribution < -0.4 is 10.1 Å². The van der Waals surface area contributed by atoms with E-state index in [1.807, 2.05) is 12.3 Å². The van der Waals surface area contributed by atoms with Crippen LogP contribution in [0.3, 0.4) is 0 Å². The quantitative estimate of drug-likeness (QED) is 0.362. The molecule has 2 aliphatic rings. The summed E-state index contributed by atoms with van der Waals surface area (Å²) in [6.45, 7) is 6.28. The van der Waals surface area contributed by atoms with Gasteiger partial charge in [-0.3, -0.25) is 0 Å². The maximum atomic E-state index is 5.93. The predicted molar refractivity (Wildman–Crippen MR) is 119 cm³/mol. The Morgan fingerprint density at radius 3 is 2.78 bits per heavy atom. The molecular weight excluding hydrogens is 455 g/mol. The van der Waals surface area contributed by atoms with Gasteiger partial charge in [0, 0.05) is 44.9 Å². The topological polar surface area (TPSA) is 59.0 Å². The van der Waals surface area contributed by atoms with Gasteiger partial charge in [-0.25, -0.2) is 9.98 Å². The van der Waals surface area contributed by atoms with Crippen LogP contribution in [-0.2, 0) is 11.3 Å². The maximum absolute atomic E-state index is 5.93. The van der Waals surface area contributed by atoms with Crippen LogP contribution in [0.1, 0.15) is 44.6 Å². The van der Waals surface area contributed by atoms with E-state index in [-0.39, 0.29) is 24.0 Å². The van der Waals surface area contributed by atoms with Gasteiger partial charge in [0.25, 0.3) is 0 Å². The van der Waals surface area contributed by atoms with Crippen molar-refractivity contribution in [1.82, 2.24) is 15.2 Å². The highest BCUT2D eigenvalue weighted by atomic mass is 127. The number of hydrogen-bond acceptors (Lipinski definition) is 4. The Bertz CT molecular complexity index is 570. The second-order valence-corrected chi connectivity index (χ2v) is 7.31. The molecule has 0 aromatic carbocycles. The van der Waals surface area contributed by atoms with Crippen molar-refractivity contribution < 1.29 is 9.47 Å². The molecule has 6 nitrogen and oxygen atoms in total. The van der Waals surface area contributed by atoms with Crippen molar-refractivity contribution in [2.75, 3.05) is 33.4 Å². The van der Waals surface area contributed by atoms with E-state index in [1.54, 1.807) is 0 Å². The van der Waals surface area contributed by atoms with Crippen molar-refractivity contribution in [3.8, 4) is 5.88 Å². The van der Waals surface area contributed by atoms with Crippen LogP contribution in [0.2, 0.25) is 0 Å². The van der Waals surface area contributed by atoms with Gasteiger partial charge in [0.1, 0.15) is 6.10 Å². The molecule has 2 heterocycles. The number of guanidine groups is 1. The number of ether oxygens (including phenoxy) is 2. The average molecular weight is 488 g/mol. The fourth-order valence-corrected chi connectivity index (χ4v) is 3.59. The first-order chi connectivity index (χ1) is 12.7.